The second-order valence-corrected chi connectivity index (χ2v) is 4.73. The van der Waals surface area contributed by atoms with E-state index in [0.29, 0.717) is 5.69 Å². The zero-order valence-corrected chi connectivity index (χ0v) is 11.0. The number of alkyl halides is 3. The summed E-state index contributed by atoms with van der Waals surface area (Å²) in [5.74, 6) is 0. The molecule has 0 aliphatic rings. The molecule has 0 aliphatic carbocycles. The monoisotopic (exact) mass is 289 g/mol. The molecule has 0 bridgehead atoms. The summed E-state index contributed by atoms with van der Waals surface area (Å²) >= 11 is 5.85. The van der Waals surface area contributed by atoms with E-state index in [4.69, 9.17) is 11.6 Å². The molecule has 0 unspecified atom stereocenters. The summed E-state index contributed by atoms with van der Waals surface area (Å²) in [5.41, 5.74) is -0.175. The molecular weight excluding hydrogens is 279 g/mol. The third-order valence-electron chi connectivity index (χ3n) is 2.55. The first-order chi connectivity index (χ1) is 8.79. The fourth-order valence-electron chi connectivity index (χ4n) is 1.53. The molecule has 2 heterocycles. The molecule has 2 aromatic rings. The molecule has 0 spiro atoms. The van der Waals surface area contributed by atoms with Crippen LogP contribution in [0, 0.1) is 0 Å². The van der Waals surface area contributed by atoms with Crippen LogP contribution in [-0.2, 0) is 6.18 Å². The number of hydrogen-bond acceptors (Lipinski definition) is 2. The van der Waals surface area contributed by atoms with Crippen LogP contribution in [0.25, 0.3) is 11.4 Å². The van der Waals surface area contributed by atoms with Gasteiger partial charge in [-0.05, 0) is 26.0 Å². The zero-order valence-electron chi connectivity index (χ0n) is 10.2. The van der Waals surface area contributed by atoms with E-state index in [0.717, 1.165) is 12.3 Å². The minimum absolute atomic E-state index is 0.0659. The van der Waals surface area contributed by atoms with Crippen molar-refractivity contribution in [3.05, 3.63) is 35.1 Å². The van der Waals surface area contributed by atoms with Crippen LogP contribution in [-0.4, -0.2) is 14.8 Å². The topological polar surface area (TPSA) is 30.7 Å². The molecule has 3 nitrogen and oxygen atoms in total. The van der Waals surface area contributed by atoms with E-state index < -0.39 is 11.7 Å². The number of aromatic nitrogens is 3. The standard InChI is InChI=1S/C12H11ClF3N3/c1-7(2)19-4-3-10(18-19)11-9(13)5-8(6-17-11)12(14,15)16/h3-7H,1-2H3. The number of hydrogen-bond donors (Lipinski definition) is 0. The van der Waals surface area contributed by atoms with Crippen molar-refractivity contribution in [1.29, 1.82) is 0 Å². The first kappa shape index (κ1) is 13.9. The fourth-order valence-corrected chi connectivity index (χ4v) is 1.80. The van der Waals surface area contributed by atoms with Crippen LogP contribution >= 0.6 is 11.6 Å². The van der Waals surface area contributed by atoms with E-state index in [1.165, 1.54) is 0 Å². The summed E-state index contributed by atoms with van der Waals surface area (Å²) in [6.07, 6.45) is -1.96. The predicted octanol–water partition coefficient (Wildman–Crippen LogP) is 4.20. The van der Waals surface area contributed by atoms with E-state index in [1.54, 1.807) is 16.9 Å². The molecule has 0 saturated heterocycles. The van der Waals surface area contributed by atoms with Gasteiger partial charge >= 0.3 is 6.18 Å². The molecule has 0 fully saturated rings. The van der Waals surface area contributed by atoms with Crippen LogP contribution in [0.1, 0.15) is 25.5 Å². The van der Waals surface area contributed by atoms with Crippen LogP contribution in [0.2, 0.25) is 5.02 Å². The maximum Gasteiger partial charge on any atom is 0.417 e. The highest BCUT2D eigenvalue weighted by Crippen LogP contribution is 2.33. The average Bonchev–Trinajstić information content (AvgIpc) is 2.76. The van der Waals surface area contributed by atoms with Gasteiger partial charge in [-0.3, -0.25) is 9.67 Å². The Kier molecular flexibility index (Phi) is 3.54. The van der Waals surface area contributed by atoms with Gasteiger partial charge in [-0.25, -0.2) is 0 Å². The minimum Gasteiger partial charge on any atom is -0.270 e. The van der Waals surface area contributed by atoms with Crippen LogP contribution in [0.5, 0.6) is 0 Å². The summed E-state index contributed by atoms with van der Waals surface area (Å²) in [7, 11) is 0. The second kappa shape index (κ2) is 4.85. The first-order valence-electron chi connectivity index (χ1n) is 5.57. The average molecular weight is 290 g/mol. The maximum absolute atomic E-state index is 12.5. The Bertz CT molecular complexity index is 590. The molecule has 0 atom stereocenters. The van der Waals surface area contributed by atoms with Gasteiger partial charge in [0, 0.05) is 18.4 Å². The quantitative estimate of drug-likeness (QED) is 0.829. The number of nitrogens with zero attached hydrogens (tertiary/aromatic N) is 3. The lowest BCUT2D eigenvalue weighted by molar-refractivity contribution is -0.137. The van der Waals surface area contributed by atoms with Crippen molar-refractivity contribution in [1.82, 2.24) is 14.8 Å². The number of halogens is 4. The highest BCUT2D eigenvalue weighted by Gasteiger charge is 2.31. The molecule has 7 heteroatoms. The smallest absolute Gasteiger partial charge is 0.270 e. The molecule has 0 radical (unpaired) electrons. The van der Waals surface area contributed by atoms with Crippen molar-refractivity contribution in [2.45, 2.75) is 26.1 Å². The van der Waals surface area contributed by atoms with Gasteiger partial charge in [-0.15, -0.1) is 0 Å². The van der Waals surface area contributed by atoms with Gasteiger partial charge in [0.05, 0.1) is 10.6 Å². The van der Waals surface area contributed by atoms with Gasteiger partial charge in [0.2, 0.25) is 0 Å². The highest BCUT2D eigenvalue weighted by molar-refractivity contribution is 6.33. The third-order valence-corrected chi connectivity index (χ3v) is 2.84. The Morgan fingerprint density at radius 3 is 2.47 bits per heavy atom. The molecule has 0 aliphatic heterocycles. The van der Waals surface area contributed by atoms with E-state index in [1.807, 2.05) is 13.8 Å². The SMILES string of the molecule is CC(C)n1ccc(-c2ncc(C(F)(F)F)cc2Cl)n1. The van der Waals surface area contributed by atoms with Crippen molar-refractivity contribution < 1.29 is 13.2 Å². The van der Waals surface area contributed by atoms with Gasteiger partial charge in [-0.1, -0.05) is 11.6 Å². The van der Waals surface area contributed by atoms with Gasteiger partial charge < -0.3 is 0 Å². The number of rotatable bonds is 2. The van der Waals surface area contributed by atoms with E-state index >= 15 is 0 Å². The van der Waals surface area contributed by atoms with Crippen molar-refractivity contribution in [2.24, 2.45) is 0 Å². The Morgan fingerprint density at radius 1 is 1.32 bits per heavy atom. The van der Waals surface area contributed by atoms with Crippen molar-refractivity contribution >= 4 is 11.6 Å². The summed E-state index contributed by atoms with van der Waals surface area (Å²) < 4.78 is 39.2. The van der Waals surface area contributed by atoms with E-state index in [-0.39, 0.29) is 16.8 Å². The molecule has 0 N–H and O–H groups in total. The normalized spacial score (nSPS) is 12.2. The summed E-state index contributed by atoms with van der Waals surface area (Å²) in [6.45, 7) is 3.89. The largest absolute Gasteiger partial charge is 0.417 e. The molecule has 0 aromatic carbocycles. The lowest BCUT2D eigenvalue weighted by atomic mass is 10.2. The first-order valence-corrected chi connectivity index (χ1v) is 5.95. The predicted molar refractivity (Wildman–Crippen MR) is 65.9 cm³/mol. The Morgan fingerprint density at radius 2 is 2.00 bits per heavy atom. The van der Waals surface area contributed by atoms with Gasteiger partial charge in [0.1, 0.15) is 11.4 Å². The Hall–Kier alpha value is -1.56. The third kappa shape index (κ3) is 2.89. The Balaban J connectivity index is 2.40. The van der Waals surface area contributed by atoms with Crippen molar-refractivity contribution in [2.75, 3.05) is 0 Å². The minimum atomic E-state index is -4.45. The summed E-state index contributed by atoms with van der Waals surface area (Å²) in [5, 5.41) is 4.16. The lowest BCUT2D eigenvalue weighted by Gasteiger charge is -2.08. The lowest BCUT2D eigenvalue weighted by Crippen LogP contribution is -2.06. The summed E-state index contributed by atoms with van der Waals surface area (Å²) in [4.78, 5) is 3.76. The van der Waals surface area contributed by atoms with Crippen LogP contribution in [0.15, 0.2) is 24.5 Å². The van der Waals surface area contributed by atoms with Crippen LogP contribution in [0.3, 0.4) is 0 Å². The van der Waals surface area contributed by atoms with Crippen LogP contribution in [0.4, 0.5) is 13.2 Å². The number of pyridine rings is 1. The molecular formula is C12H11ClF3N3. The fraction of sp³-hybridized carbons (Fsp3) is 0.333. The van der Waals surface area contributed by atoms with E-state index in [9.17, 15) is 13.2 Å². The zero-order chi connectivity index (χ0) is 14.2. The molecule has 102 valence electrons. The highest BCUT2D eigenvalue weighted by atomic mass is 35.5. The molecule has 19 heavy (non-hydrogen) atoms. The maximum atomic E-state index is 12.5. The summed E-state index contributed by atoms with van der Waals surface area (Å²) in [6, 6.07) is 2.68. The van der Waals surface area contributed by atoms with Gasteiger partial charge in [0.15, 0.2) is 0 Å². The molecule has 2 aromatic heterocycles. The van der Waals surface area contributed by atoms with Crippen molar-refractivity contribution in [3.63, 3.8) is 0 Å². The second-order valence-electron chi connectivity index (χ2n) is 4.33. The molecule has 0 saturated carbocycles. The van der Waals surface area contributed by atoms with Crippen molar-refractivity contribution in [3.8, 4) is 11.4 Å². The van der Waals surface area contributed by atoms with Crippen LogP contribution < -0.4 is 0 Å². The molecule has 0 amide bonds. The van der Waals surface area contributed by atoms with Gasteiger partial charge in [-0.2, -0.15) is 18.3 Å². The van der Waals surface area contributed by atoms with E-state index in [2.05, 4.69) is 10.1 Å². The molecule has 2 rings (SSSR count). The Labute approximate surface area is 113 Å². The van der Waals surface area contributed by atoms with Gasteiger partial charge in [0.25, 0.3) is 0 Å².